The van der Waals surface area contributed by atoms with Crippen molar-refractivity contribution in [3.63, 3.8) is 0 Å². The van der Waals surface area contributed by atoms with E-state index in [0.717, 1.165) is 0 Å². The lowest BCUT2D eigenvalue weighted by Crippen LogP contribution is -2.52. The van der Waals surface area contributed by atoms with E-state index in [0.29, 0.717) is 38.8 Å². The second-order valence-electron chi connectivity index (χ2n) is 5.27. The summed E-state index contributed by atoms with van der Waals surface area (Å²) >= 11 is 0. The first kappa shape index (κ1) is 16.3. The number of amides is 3. The molecule has 3 amide bonds. The van der Waals surface area contributed by atoms with E-state index in [9.17, 15) is 19.5 Å². The molecule has 114 valence electrons. The molecule has 1 saturated heterocycles. The van der Waals surface area contributed by atoms with Crippen molar-refractivity contribution in [2.24, 2.45) is 11.1 Å². The molecule has 1 atom stereocenters. The Balaban J connectivity index is 2.48. The van der Waals surface area contributed by atoms with Gasteiger partial charge in [-0.2, -0.15) is 0 Å². The summed E-state index contributed by atoms with van der Waals surface area (Å²) in [6, 6.07) is -0.270. The number of primary amides is 1. The molecule has 0 aliphatic carbocycles. The lowest BCUT2D eigenvalue weighted by Gasteiger charge is -2.39. The van der Waals surface area contributed by atoms with Crippen LogP contribution in [0.1, 0.15) is 39.0 Å². The van der Waals surface area contributed by atoms with Gasteiger partial charge in [0, 0.05) is 26.1 Å². The molecule has 1 unspecified atom stereocenters. The summed E-state index contributed by atoms with van der Waals surface area (Å²) in [5.74, 6) is -1.24. The van der Waals surface area contributed by atoms with Crippen molar-refractivity contribution in [2.45, 2.75) is 39.0 Å². The van der Waals surface area contributed by atoms with Gasteiger partial charge in [-0.1, -0.05) is 6.92 Å². The molecule has 1 heterocycles. The Morgan fingerprint density at radius 1 is 1.40 bits per heavy atom. The predicted molar refractivity (Wildman–Crippen MR) is 73.0 cm³/mol. The van der Waals surface area contributed by atoms with E-state index in [-0.39, 0.29) is 19.0 Å². The monoisotopic (exact) mass is 285 g/mol. The molecule has 1 aliphatic heterocycles. The fourth-order valence-electron chi connectivity index (χ4n) is 2.49. The zero-order valence-corrected chi connectivity index (χ0v) is 11.9. The minimum atomic E-state index is -0.841. The number of carboxylic acid groups (broad SMARTS) is 1. The van der Waals surface area contributed by atoms with Gasteiger partial charge in [0.1, 0.15) is 0 Å². The maximum atomic E-state index is 12.0. The van der Waals surface area contributed by atoms with Gasteiger partial charge >= 0.3 is 12.0 Å². The molecule has 1 fully saturated rings. The summed E-state index contributed by atoms with van der Waals surface area (Å²) in [6.07, 6.45) is 2.52. The maximum absolute atomic E-state index is 12.0. The van der Waals surface area contributed by atoms with Gasteiger partial charge in [-0.25, -0.2) is 4.79 Å². The topological polar surface area (TPSA) is 113 Å². The highest BCUT2D eigenvalue weighted by molar-refractivity contribution is 5.79. The molecule has 0 saturated carbocycles. The fraction of sp³-hybridized carbons (Fsp3) is 0.769. The number of rotatable bonds is 6. The van der Waals surface area contributed by atoms with Crippen LogP contribution in [0, 0.1) is 5.41 Å². The lowest BCUT2D eigenvalue weighted by atomic mass is 9.78. The average Bonchev–Trinajstić information content (AvgIpc) is 2.42. The van der Waals surface area contributed by atoms with Crippen molar-refractivity contribution in [1.29, 1.82) is 0 Å². The van der Waals surface area contributed by atoms with E-state index in [1.807, 2.05) is 6.92 Å². The zero-order valence-electron chi connectivity index (χ0n) is 11.9. The zero-order chi connectivity index (χ0) is 15.2. The van der Waals surface area contributed by atoms with Crippen LogP contribution in [0.3, 0.4) is 0 Å². The third-order valence-corrected chi connectivity index (χ3v) is 3.87. The van der Waals surface area contributed by atoms with E-state index < -0.39 is 17.3 Å². The standard InChI is InChI=1S/C13H23N3O4/c1-2-13(11(18)19)6-4-8-16(9-13)12(20)15-7-3-5-10(14)17/h2-9H2,1H3,(H2,14,17)(H,15,20)(H,18,19). The van der Waals surface area contributed by atoms with Gasteiger partial charge in [0.05, 0.1) is 5.41 Å². The molecule has 0 radical (unpaired) electrons. The van der Waals surface area contributed by atoms with Gasteiger partial charge in [0.25, 0.3) is 0 Å². The van der Waals surface area contributed by atoms with Crippen LogP contribution in [0.25, 0.3) is 0 Å². The second-order valence-corrected chi connectivity index (χ2v) is 5.27. The first-order valence-electron chi connectivity index (χ1n) is 6.96. The van der Waals surface area contributed by atoms with Crippen LogP contribution in [0.4, 0.5) is 4.79 Å². The molecule has 7 nitrogen and oxygen atoms in total. The number of carbonyl (C=O) groups is 3. The normalized spacial score (nSPS) is 22.4. The molecule has 1 aliphatic rings. The number of aliphatic carboxylic acids is 1. The lowest BCUT2D eigenvalue weighted by molar-refractivity contribution is -0.152. The number of nitrogens with two attached hydrogens (primary N) is 1. The Morgan fingerprint density at radius 2 is 2.10 bits per heavy atom. The number of piperidine rings is 1. The van der Waals surface area contributed by atoms with Crippen molar-refractivity contribution in [3.8, 4) is 0 Å². The summed E-state index contributed by atoms with van der Waals surface area (Å²) in [7, 11) is 0. The summed E-state index contributed by atoms with van der Waals surface area (Å²) in [6.45, 7) is 3.00. The highest BCUT2D eigenvalue weighted by Crippen LogP contribution is 2.33. The van der Waals surface area contributed by atoms with Crippen LogP contribution in [-0.2, 0) is 9.59 Å². The smallest absolute Gasteiger partial charge is 0.317 e. The number of urea groups is 1. The Hall–Kier alpha value is -1.79. The van der Waals surface area contributed by atoms with Crippen molar-refractivity contribution >= 4 is 17.9 Å². The van der Waals surface area contributed by atoms with Crippen LogP contribution >= 0.6 is 0 Å². The Labute approximate surface area is 118 Å². The van der Waals surface area contributed by atoms with Crippen molar-refractivity contribution in [2.75, 3.05) is 19.6 Å². The number of carbonyl (C=O) groups excluding carboxylic acids is 2. The van der Waals surface area contributed by atoms with Crippen molar-refractivity contribution in [1.82, 2.24) is 10.2 Å². The minimum absolute atomic E-state index is 0.230. The number of likely N-dealkylation sites (tertiary alicyclic amines) is 1. The van der Waals surface area contributed by atoms with E-state index >= 15 is 0 Å². The highest BCUT2D eigenvalue weighted by Gasteiger charge is 2.42. The van der Waals surface area contributed by atoms with Gasteiger partial charge in [-0.15, -0.1) is 0 Å². The molecular formula is C13H23N3O4. The largest absolute Gasteiger partial charge is 0.481 e. The van der Waals surface area contributed by atoms with Gasteiger partial charge in [-0.05, 0) is 25.7 Å². The summed E-state index contributed by atoms with van der Waals surface area (Å²) in [5.41, 5.74) is 4.18. The van der Waals surface area contributed by atoms with Gasteiger partial charge in [0.15, 0.2) is 0 Å². The third kappa shape index (κ3) is 4.11. The Morgan fingerprint density at radius 3 is 2.65 bits per heavy atom. The molecule has 0 aromatic heterocycles. The van der Waals surface area contributed by atoms with Crippen LogP contribution in [-0.4, -0.2) is 47.5 Å². The van der Waals surface area contributed by atoms with E-state index in [4.69, 9.17) is 5.73 Å². The number of nitrogens with one attached hydrogen (secondary N) is 1. The molecule has 0 bridgehead atoms. The molecule has 7 heteroatoms. The maximum Gasteiger partial charge on any atom is 0.317 e. The van der Waals surface area contributed by atoms with Crippen molar-refractivity contribution in [3.05, 3.63) is 0 Å². The minimum Gasteiger partial charge on any atom is -0.481 e. The first-order valence-corrected chi connectivity index (χ1v) is 6.96. The van der Waals surface area contributed by atoms with Gasteiger partial charge in [0.2, 0.25) is 5.91 Å². The summed E-state index contributed by atoms with van der Waals surface area (Å²) in [5, 5.41) is 12.0. The molecule has 20 heavy (non-hydrogen) atoms. The SMILES string of the molecule is CCC1(C(=O)O)CCCN(C(=O)NCCCC(N)=O)C1. The second kappa shape index (κ2) is 7.12. The number of nitrogens with zero attached hydrogens (tertiary/aromatic N) is 1. The molecule has 1 rings (SSSR count). The molecule has 0 aromatic rings. The Kier molecular flexibility index (Phi) is 5.79. The molecule has 0 aromatic carbocycles. The van der Waals surface area contributed by atoms with Crippen molar-refractivity contribution < 1.29 is 19.5 Å². The van der Waals surface area contributed by atoms with Crippen LogP contribution in [0.2, 0.25) is 0 Å². The first-order chi connectivity index (χ1) is 9.41. The van der Waals surface area contributed by atoms with E-state index in [1.54, 1.807) is 4.90 Å². The highest BCUT2D eigenvalue weighted by atomic mass is 16.4. The summed E-state index contributed by atoms with van der Waals surface area (Å²) < 4.78 is 0. The molecule has 0 spiro atoms. The summed E-state index contributed by atoms with van der Waals surface area (Å²) in [4.78, 5) is 35.5. The quantitative estimate of drug-likeness (QED) is 0.618. The van der Waals surface area contributed by atoms with Gasteiger partial charge in [-0.3, -0.25) is 9.59 Å². The molecular weight excluding hydrogens is 262 g/mol. The van der Waals surface area contributed by atoms with E-state index in [2.05, 4.69) is 5.32 Å². The third-order valence-electron chi connectivity index (χ3n) is 3.87. The Bertz CT molecular complexity index is 386. The number of hydrogen-bond acceptors (Lipinski definition) is 3. The van der Waals surface area contributed by atoms with Gasteiger partial charge < -0.3 is 21.1 Å². The van der Waals surface area contributed by atoms with E-state index in [1.165, 1.54) is 0 Å². The average molecular weight is 285 g/mol. The van der Waals surface area contributed by atoms with Crippen LogP contribution in [0.15, 0.2) is 0 Å². The van der Waals surface area contributed by atoms with Crippen LogP contribution in [0.5, 0.6) is 0 Å². The van der Waals surface area contributed by atoms with Crippen LogP contribution < -0.4 is 11.1 Å². The fourth-order valence-corrected chi connectivity index (χ4v) is 2.49. The number of carboxylic acids is 1. The molecule has 4 N–H and O–H groups in total. The predicted octanol–water partition coefficient (Wildman–Crippen LogP) is 0.538. The number of hydrogen-bond donors (Lipinski definition) is 3.